The van der Waals surface area contributed by atoms with Crippen molar-refractivity contribution in [1.29, 1.82) is 0 Å². The maximum absolute atomic E-state index is 11.7. The molecule has 22 heavy (non-hydrogen) atoms. The van der Waals surface area contributed by atoms with E-state index < -0.39 is 0 Å². The second kappa shape index (κ2) is 9.47. The molecule has 0 saturated carbocycles. The molecule has 0 radical (unpaired) electrons. The van der Waals surface area contributed by atoms with Crippen LogP contribution in [0, 0.1) is 5.92 Å². The molecule has 2 aromatic rings. The fraction of sp³-hybridized carbons (Fsp3) is 0.350. The first-order chi connectivity index (χ1) is 10.8. The van der Waals surface area contributed by atoms with Gasteiger partial charge in [-0.15, -0.1) is 12.6 Å². The summed E-state index contributed by atoms with van der Waals surface area (Å²) in [7, 11) is 0. The molecule has 0 N–H and O–H groups in total. The molecular formula is C20H24OS. The van der Waals surface area contributed by atoms with Crippen molar-refractivity contribution >= 4 is 17.7 Å². The van der Waals surface area contributed by atoms with Crippen molar-refractivity contribution in [1.82, 2.24) is 0 Å². The minimum absolute atomic E-state index is 0.0203. The van der Waals surface area contributed by atoms with E-state index in [9.17, 15) is 4.79 Å². The van der Waals surface area contributed by atoms with Crippen LogP contribution >= 0.6 is 12.6 Å². The quantitative estimate of drug-likeness (QED) is 0.503. The summed E-state index contributed by atoms with van der Waals surface area (Å²) in [4.78, 5) is 11.7. The van der Waals surface area contributed by atoms with E-state index in [1.807, 2.05) is 18.2 Å². The number of rotatable bonds is 9. The largest absolute Gasteiger partial charge is 0.287 e. The number of thiol groups is 1. The molecule has 2 aromatic carbocycles. The molecule has 0 saturated heterocycles. The number of unbranched alkanes of at least 4 members (excludes halogenated alkanes) is 2. The SMILES string of the molecule is O=C(S)C(CCCCCc1ccccc1)Cc1ccccc1. The van der Waals surface area contributed by atoms with E-state index in [1.54, 1.807) is 0 Å². The molecule has 0 aliphatic carbocycles. The number of hydrogen-bond acceptors (Lipinski definition) is 1. The first-order valence-electron chi connectivity index (χ1n) is 8.06. The van der Waals surface area contributed by atoms with Gasteiger partial charge in [0.05, 0.1) is 0 Å². The van der Waals surface area contributed by atoms with Gasteiger partial charge < -0.3 is 0 Å². The van der Waals surface area contributed by atoms with Crippen molar-refractivity contribution in [2.75, 3.05) is 0 Å². The minimum Gasteiger partial charge on any atom is -0.287 e. The first-order valence-corrected chi connectivity index (χ1v) is 8.51. The summed E-state index contributed by atoms with van der Waals surface area (Å²) in [6.45, 7) is 0. The lowest BCUT2D eigenvalue weighted by molar-refractivity contribution is -0.114. The molecule has 0 aromatic heterocycles. The van der Waals surface area contributed by atoms with Crippen LogP contribution in [0.15, 0.2) is 60.7 Å². The van der Waals surface area contributed by atoms with Gasteiger partial charge in [-0.2, -0.15) is 0 Å². The lowest BCUT2D eigenvalue weighted by atomic mass is 9.94. The van der Waals surface area contributed by atoms with Crippen LogP contribution in [-0.2, 0) is 17.6 Å². The summed E-state index contributed by atoms with van der Waals surface area (Å²) in [6, 6.07) is 20.8. The second-order valence-corrected chi connectivity index (χ2v) is 6.25. The van der Waals surface area contributed by atoms with E-state index in [1.165, 1.54) is 24.0 Å². The van der Waals surface area contributed by atoms with Gasteiger partial charge in [0.2, 0.25) is 0 Å². The van der Waals surface area contributed by atoms with Gasteiger partial charge in [-0.05, 0) is 36.8 Å². The molecule has 2 heteroatoms. The Balaban J connectivity index is 1.70. The zero-order chi connectivity index (χ0) is 15.6. The third kappa shape index (κ3) is 6.07. The lowest BCUT2D eigenvalue weighted by Crippen LogP contribution is -2.12. The van der Waals surface area contributed by atoms with Gasteiger partial charge in [-0.25, -0.2) is 0 Å². The Morgan fingerprint density at radius 3 is 2.00 bits per heavy atom. The molecular weight excluding hydrogens is 288 g/mol. The Morgan fingerprint density at radius 1 is 0.818 bits per heavy atom. The molecule has 0 aliphatic rings. The maximum atomic E-state index is 11.7. The molecule has 0 fully saturated rings. The highest BCUT2D eigenvalue weighted by molar-refractivity contribution is 7.96. The van der Waals surface area contributed by atoms with E-state index in [0.717, 1.165) is 25.7 Å². The molecule has 0 amide bonds. The van der Waals surface area contributed by atoms with Crippen molar-refractivity contribution in [3.8, 4) is 0 Å². The normalized spacial score (nSPS) is 12.0. The van der Waals surface area contributed by atoms with Crippen LogP contribution in [0.25, 0.3) is 0 Å². The summed E-state index contributed by atoms with van der Waals surface area (Å²) in [5.74, 6) is 0.0439. The zero-order valence-electron chi connectivity index (χ0n) is 12.9. The highest BCUT2D eigenvalue weighted by Gasteiger charge is 2.15. The van der Waals surface area contributed by atoms with Crippen molar-refractivity contribution < 1.29 is 4.79 Å². The molecule has 1 nitrogen and oxygen atoms in total. The van der Waals surface area contributed by atoms with Gasteiger partial charge in [0.25, 0.3) is 0 Å². The van der Waals surface area contributed by atoms with Crippen LogP contribution in [-0.4, -0.2) is 5.12 Å². The standard InChI is InChI=1S/C20H24OS/c21-20(22)19(16-18-13-7-2-8-14-18)15-9-3-6-12-17-10-4-1-5-11-17/h1-2,4-5,7-8,10-11,13-14,19H,3,6,9,12,15-16H2,(H,21,22). The lowest BCUT2D eigenvalue weighted by Gasteiger charge is -2.13. The van der Waals surface area contributed by atoms with Crippen LogP contribution in [0.5, 0.6) is 0 Å². The van der Waals surface area contributed by atoms with Gasteiger partial charge in [0.15, 0.2) is 5.12 Å². The van der Waals surface area contributed by atoms with Crippen LogP contribution in [0.1, 0.15) is 36.8 Å². The topological polar surface area (TPSA) is 17.1 Å². The molecule has 2 rings (SSSR count). The number of carbonyl (C=O) groups is 1. The fourth-order valence-electron chi connectivity index (χ4n) is 2.75. The monoisotopic (exact) mass is 312 g/mol. The van der Waals surface area contributed by atoms with Gasteiger partial charge in [0, 0.05) is 5.92 Å². The average Bonchev–Trinajstić information content (AvgIpc) is 2.55. The summed E-state index contributed by atoms with van der Waals surface area (Å²) >= 11 is 4.07. The summed E-state index contributed by atoms with van der Waals surface area (Å²) in [5.41, 5.74) is 2.62. The molecule has 0 aliphatic heterocycles. The molecule has 0 heterocycles. The number of aryl methyl sites for hydroxylation is 1. The van der Waals surface area contributed by atoms with E-state index in [2.05, 4.69) is 55.1 Å². The van der Waals surface area contributed by atoms with Crippen molar-refractivity contribution in [2.45, 2.75) is 38.5 Å². The molecule has 1 atom stereocenters. The number of carbonyl (C=O) groups excluding carboxylic acids is 1. The second-order valence-electron chi connectivity index (χ2n) is 5.81. The van der Waals surface area contributed by atoms with Crippen LogP contribution in [0.3, 0.4) is 0 Å². The Hall–Kier alpha value is -1.54. The van der Waals surface area contributed by atoms with Crippen molar-refractivity contribution in [3.05, 3.63) is 71.8 Å². The maximum Gasteiger partial charge on any atom is 0.189 e. The third-order valence-electron chi connectivity index (χ3n) is 4.04. The highest BCUT2D eigenvalue weighted by atomic mass is 32.1. The number of hydrogen-bond donors (Lipinski definition) is 1. The van der Waals surface area contributed by atoms with E-state index in [-0.39, 0.29) is 11.0 Å². The van der Waals surface area contributed by atoms with E-state index in [4.69, 9.17) is 0 Å². The zero-order valence-corrected chi connectivity index (χ0v) is 13.8. The van der Waals surface area contributed by atoms with Crippen molar-refractivity contribution in [2.24, 2.45) is 5.92 Å². The molecule has 1 unspecified atom stereocenters. The highest BCUT2D eigenvalue weighted by Crippen LogP contribution is 2.19. The molecule has 0 bridgehead atoms. The van der Waals surface area contributed by atoms with Gasteiger partial charge in [-0.3, -0.25) is 4.79 Å². The Labute approximate surface area is 139 Å². The molecule has 116 valence electrons. The van der Waals surface area contributed by atoms with Crippen LogP contribution < -0.4 is 0 Å². The number of benzene rings is 2. The summed E-state index contributed by atoms with van der Waals surface area (Å²) < 4.78 is 0. The Kier molecular flexibility index (Phi) is 7.24. The Bertz CT molecular complexity index is 550. The summed E-state index contributed by atoms with van der Waals surface area (Å²) in [5, 5.41) is 0.0203. The van der Waals surface area contributed by atoms with E-state index in [0.29, 0.717) is 0 Å². The van der Waals surface area contributed by atoms with Gasteiger partial charge in [0.1, 0.15) is 0 Å². The smallest absolute Gasteiger partial charge is 0.189 e. The summed E-state index contributed by atoms with van der Waals surface area (Å²) in [6.07, 6.45) is 6.31. The average molecular weight is 312 g/mol. The first kappa shape index (κ1) is 16.8. The molecule has 0 spiro atoms. The third-order valence-corrected chi connectivity index (χ3v) is 4.40. The van der Waals surface area contributed by atoms with Gasteiger partial charge in [-0.1, -0.05) is 73.5 Å². The van der Waals surface area contributed by atoms with Crippen molar-refractivity contribution in [3.63, 3.8) is 0 Å². The predicted molar refractivity (Wildman–Crippen MR) is 96.2 cm³/mol. The predicted octanol–water partition coefficient (Wildman–Crippen LogP) is 5.10. The minimum atomic E-state index is 0.0203. The van der Waals surface area contributed by atoms with Gasteiger partial charge >= 0.3 is 0 Å². The van der Waals surface area contributed by atoms with Crippen LogP contribution in [0.2, 0.25) is 0 Å². The fourth-order valence-corrected chi connectivity index (χ4v) is 2.97. The van der Waals surface area contributed by atoms with Crippen LogP contribution in [0.4, 0.5) is 0 Å². The van der Waals surface area contributed by atoms with E-state index >= 15 is 0 Å². The Morgan fingerprint density at radius 2 is 1.41 bits per heavy atom.